The molecule has 0 saturated carbocycles. The van der Waals surface area contributed by atoms with Gasteiger partial charge < -0.3 is 14.4 Å². The fraction of sp³-hybridized carbons (Fsp3) is 0.364. The van der Waals surface area contributed by atoms with Crippen LogP contribution in [-0.4, -0.2) is 56.1 Å². The smallest absolute Gasteiger partial charge is 0.254 e. The Kier molecular flexibility index (Phi) is 6.51. The number of rotatable bonds is 5. The first-order valence-electron chi connectivity index (χ1n) is 9.36. The highest BCUT2D eigenvalue weighted by Gasteiger charge is 2.21. The summed E-state index contributed by atoms with van der Waals surface area (Å²) in [6.45, 7) is 3.97. The van der Waals surface area contributed by atoms with Crippen molar-refractivity contribution < 1.29 is 14.3 Å². The first-order valence-corrected chi connectivity index (χ1v) is 9.36. The second kappa shape index (κ2) is 9.25. The molecule has 0 unspecified atom stereocenters. The number of carbonyl (C=O) groups is 1. The highest BCUT2D eigenvalue weighted by molar-refractivity contribution is 5.95. The Hall–Kier alpha value is -3.04. The first kappa shape index (κ1) is 19.7. The van der Waals surface area contributed by atoms with Gasteiger partial charge in [-0.25, -0.2) is 0 Å². The Labute approximate surface area is 165 Å². The topological polar surface area (TPSA) is 65.8 Å². The van der Waals surface area contributed by atoms with Crippen molar-refractivity contribution in [1.82, 2.24) is 9.80 Å². The molecule has 1 saturated heterocycles. The Balaban J connectivity index is 1.64. The molecule has 6 heteroatoms. The van der Waals surface area contributed by atoms with Crippen molar-refractivity contribution in [2.45, 2.75) is 13.0 Å². The summed E-state index contributed by atoms with van der Waals surface area (Å²) in [6, 6.07) is 15.1. The highest BCUT2D eigenvalue weighted by atomic mass is 16.5. The Morgan fingerprint density at radius 2 is 1.68 bits per heavy atom. The minimum atomic E-state index is -0.00239. The van der Waals surface area contributed by atoms with Gasteiger partial charge in [-0.1, -0.05) is 12.1 Å². The van der Waals surface area contributed by atoms with Crippen LogP contribution >= 0.6 is 0 Å². The van der Waals surface area contributed by atoms with Gasteiger partial charge in [0.2, 0.25) is 0 Å². The maximum absolute atomic E-state index is 13.0. The minimum absolute atomic E-state index is 0.00239. The molecule has 28 heavy (non-hydrogen) atoms. The Morgan fingerprint density at radius 1 is 1.00 bits per heavy atom. The zero-order chi connectivity index (χ0) is 19.9. The van der Waals surface area contributed by atoms with Gasteiger partial charge in [0.05, 0.1) is 25.9 Å². The fourth-order valence-corrected chi connectivity index (χ4v) is 3.39. The maximum atomic E-state index is 13.0. The molecule has 1 heterocycles. The SMILES string of the molecule is COc1cc(OC)cc(C(=O)N2CCCN(Cc3ccc(C#N)cc3)CC2)c1. The van der Waals surface area contributed by atoms with E-state index in [1.807, 2.05) is 29.2 Å². The van der Waals surface area contributed by atoms with E-state index in [9.17, 15) is 4.79 Å². The average molecular weight is 379 g/mol. The van der Waals surface area contributed by atoms with Gasteiger partial charge in [0.25, 0.3) is 5.91 Å². The van der Waals surface area contributed by atoms with E-state index in [4.69, 9.17) is 14.7 Å². The van der Waals surface area contributed by atoms with Crippen LogP contribution in [0, 0.1) is 11.3 Å². The number of ether oxygens (including phenoxy) is 2. The van der Waals surface area contributed by atoms with Crippen molar-refractivity contribution in [3.8, 4) is 17.6 Å². The average Bonchev–Trinajstić information content (AvgIpc) is 2.98. The monoisotopic (exact) mass is 379 g/mol. The third kappa shape index (κ3) is 4.81. The van der Waals surface area contributed by atoms with E-state index in [0.717, 1.165) is 32.6 Å². The molecule has 0 bridgehead atoms. The fourth-order valence-electron chi connectivity index (χ4n) is 3.39. The Morgan fingerprint density at radius 3 is 2.29 bits per heavy atom. The molecule has 3 rings (SSSR count). The molecule has 146 valence electrons. The lowest BCUT2D eigenvalue weighted by Crippen LogP contribution is -2.35. The number of hydrogen-bond donors (Lipinski definition) is 0. The molecule has 1 amide bonds. The molecule has 0 atom stereocenters. The predicted octanol–water partition coefficient (Wildman–Crippen LogP) is 2.92. The van der Waals surface area contributed by atoms with Crippen molar-refractivity contribution >= 4 is 5.91 Å². The number of hydrogen-bond acceptors (Lipinski definition) is 5. The quantitative estimate of drug-likeness (QED) is 0.799. The maximum Gasteiger partial charge on any atom is 0.254 e. The molecule has 0 aromatic heterocycles. The standard InChI is InChI=1S/C22H25N3O3/c1-27-20-12-19(13-21(14-20)28-2)22(26)25-9-3-8-24(10-11-25)16-18-6-4-17(15-23)5-7-18/h4-7,12-14H,3,8-11,16H2,1-2H3. The van der Waals surface area contributed by atoms with Crippen LogP contribution in [0.15, 0.2) is 42.5 Å². The van der Waals surface area contributed by atoms with Crippen LogP contribution in [0.2, 0.25) is 0 Å². The highest BCUT2D eigenvalue weighted by Crippen LogP contribution is 2.24. The second-order valence-electron chi connectivity index (χ2n) is 6.83. The lowest BCUT2D eigenvalue weighted by atomic mass is 10.1. The van der Waals surface area contributed by atoms with Gasteiger partial charge in [-0.05, 0) is 36.2 Å². The van der Waals surface area contributed by atoms with Crippen LogP contribution in [-0.2, 0) is 6.54 Å². The number of amides is 1. The van der Waals surface area contributed by atoms with Crippen molar-refractivity contribution in [3.63, 3.8) is 0 Å². The normalized spacial score (nSPS) is 14.8. The van der Waals surface area contributed by atoms with Gasteiger partial charge >= 0.3 is 0 Å². The number of nitrogens with zero attached hydrogens (tertiary/aromatic N) is 3. The number of carbonyl (C=O) groups excluding carboxylic acids is 1. The van der Waals surface area contributed by atoms with Crippen LogP contribution in [0.1, 0.15) is 27.9 Å². The number of benzene rings is 2. The van der Waals surface area contributed by atoms with Crippen molar-refractivity contribution in [2.24, 2.45) is 0 Å². The van der Waals surface area contributed by atoms with Crippen LogP contribution < -0.4 is 9.47 Å². The predicted molar refractivity (Wildman–Crippen MR) is 107 cm³/mol. The van der Waals surface area contributed by atoms with E-state index in [-0.39, 0.29) is 5.91 Å². The van der Waals surface area contributed by atoms with Crippen LogP contribution in [0.25, 0.3) is 0 Å². The van der Waals surface area contributed by atoms with E-state index < -0.39 is 0 Å². The number of nitriles is 1. The van der Waals surface area contributed by atoms with Gasteiger partial charge in [-0.2, -0.15) is 5.26 Å². The molecule has 6 nitrogen and oxygen atoms in total. The molecule has 0 spiro atoms. The summed E-state index contributed by atoms with van der Waals surface area (Å²) >= 11 is 0. The molecule has 1 aliphatic rings. The molecule has 1 fully saturated rings. The van der Waals surface area contributed by atoms with Gasteiger partial charge in [0.1, 0.15) is 11.5 Å². The summed E-state index contributed by atoms with van der Waals surface area (Å²) in [4.78, 5) is 17.2. The van der Waals surface area contributed by atoms with Crippen molar-refractivity contribution in [3.05, 3.63) is 59.2 Å². The third-order valence-corrected chi connectivity index (χ3v) is 4.96. The van der Waals surface area contributed by atoms with Crippen molar-refractivity contribution in [2.75, 3.05) is 40.4 Å². The zero-order valence-electron chi connectivity index (χ0n) is 16.4. The van der Waals surface area contributed by atoms with Gasteiger partial charge in [0.15, 0.2) is 0 Å². The molecule has 0 aliphatic carbocycles. The summed E-state index contributed by atoms with van der Waals surface area (Å²) in [6.07, 6.45) is 0.920. The summed E-state index contributed by atoms with van der Waals surface area (Å²) in [5.74, 6) is 1.22. The molecule has 2 aromatic rings. The number of methoxy groups -OCH3 is 2. The molecule has 0 radical (unpaired) electrons. The van der Waals surface area contributed by atoms with E-state index in [1.54, 1.807) is 32.4 Å². The molecule has 2 aromatic carbocycles. The van der Waals surface area contributed by atoms with E-state index in [0.29, 0.717) is 29.2 Å². The minimum Gasteiger partial charge on any atom is -0.497 e. The van der Waals surface area contributed by atoms with Crippen LogP contribution in [0.4, 0.5) is 0 Å². The molecule has 0 N–H and O–H groups in total. The lowest BCUT2D eigenvalue weighted by molar-refractivity contribution is 0.0760. The van der Waals surface area contributed by atoms with E-state index in [1.165, 1.54) is 5.56 Å². The van der Waals surface area contributed by atoms with Gasteiger partial charge in [0, 0.05) is 44.4 Å². The first-order chi connectivity index (χ1) is 13.6. The van der Waals surface area contributed by atoms with E-state index in [2.05, 4.69) is 11.0 Å². The van der Waals surface area contributed by atoms with Crippen LogP contribution in [0.3, 0.4) is 0 Å². The molecule has 1 aliphatic heterocycles. The lowest BCUT2D eigenvalue weighted by Gasteiger charge is -2.22. The largest absolute Gasteiger partial charge is 0.497 e. The van der Waals surface area contributed by atoms with E-state index >= 15 is 0 Å². The second-order valence-corrected chi connectivity index (χ2v) is 6.83. The molecular weight excluding hydrogens is 354 g/mol. The summed E-state index contributed by atoms with van der Waals surface area (Å²) in [5.41, 5.74) is 2.43. The Bertz CT molecular complexity index is 836. The third-order valence-electron chi connectivity index (χ3n) is 4.96. The van der Waals surface area contributed by atoms with Gasteiger partial charge in [-0.3, -0.25) is 9.69 Å². The van der Waals surface area contributed by atoms with Crippen molar-refractivity contribution in [1.29, 1.82) is 5.26 Å². The summed E-state index contributed by atoms with van der Waals surface area (Å²) < 4.78 is 10.6. The molecular formula is C22H25N3O3. The summed E-state index contributed by atoms with van der Waals surface area (Å²) in [5, 5.41) is 8.91. The van der Waals surface area contributed by atoms with Gasteiger partial charge in [-0.15, -0.1) is 0 Å². The zero-order valence-corrected chi connectivity index (χ0v) is 16.4. The van der Waals surface area contributed by atoms with Crippen LogP contribution in [0.5, 0.6) is 11.5 Å². The summed E-state index contributed by atoms with van der Waals surface area (Å²) in [7, 11) is 3.16.